The minimum atomic E-state index is -3.99. The lowest BCUT2D eigenvalue weighted by molar-refractivity contribution is -0.182. The fourth-order valence-corrected chi connectivity index (χ4v) is 4.07. The maximum absolute atomic E-state index is 12.6. The van der Waals surface area contributed by atoms with Crippen molar-refractivity contribution in [3.63, 3.8) is 0 Å². The molecule has 0 radical (unpaired) electrons. The molecule has 0 saturated heterocycles. The van der Waals surface area contributed by atoms with Crippen molar-refractivity contribution in [3.05, 3.63) is 12.2 Å². The van der Waals surface area contributed by atoms with Crippen LogP contribution < -0.4 is 5.32 Å². The molecule has 108 valence electrons. The summed E-state index contributed by atoms with van der Waals surface area (Å²) in [6.07, 6.45) is 5.22. The normalized spacial score (nSPS) is 41.9. The number of fused-ring (bicyclic) bond motifs is 2. The van der Waals surface area contributed by atoms with Crippen molar-refractivity contribution in [2.75, 3.05) is 6.54 Å². The average Bonchev–Trinajstić information content (AvgIpc) is 2.98. The first-order chi connectivity index (χ1) is 9.02. The number of alkyl halides is 3. The Bertz CT molecular complexity index is 342. The molecule has 3 unspecified atom stereocenters. The molecule has 2 fully saturated rings. The first-order valence-corrected chi connectivity index (χ1v) is 7.51. The van der Waals surface area contributed by atoms with Crippen LogP contribution in [0.15, 0.2) is 12.2 Å². The van der Waals surface area contributed by atoms with Crippen molar-refractivity contribution in [3.8, 4) is 0 Å². The van der Waals surface area contributed by atoms with Gasteiger partial charge in [0, 0.05) is 6.04 Å². The first-order valence-electron chi connectivity index (χ1n) is 7.51. The van der Waals surface area contributed by atoms with Gasteiger partial charge in [-0.05, 0) is 62.8 Å². The standard InChI is InChI=1S/C15H22F3N/c16-15(17,18)13-3-5-14(6-4-13)19-9-12-8-10-1-2-11(12)7-10/h1-2,10-14,19H,3-9H2. The fourth-order valence-electron chi connectivity index (χ4n) is 4.07. The van der Waals surface area contributed by atoms with E-state index in [-0.39, 0.29) is 0 Å². The Morgan fingerprint density at radius 1 is 1.00 bits per heavy atom. The molecule has 0 aromatic rings. The lowest BCUT2D eigenvalue weighted by Crippen LogP contribution is -2.39. The lowest BCUT2D eigenvalue weighted by Gasteiger charge is -2.31. The van der Waals surface area contributed by atoms with Crippen LogP contribution in [0.5, 0.6) is 0 Å². The quantitative estimate of drug-likeness (QED) is 0.769. The molecule has 0 spiro atoms. The van der Waals surface area contributed by atoms with E-state index in [1.54, 1.807) is 0 Å². The topological polar surface area (TPSA) is 12.0 Å². The first kappa shape index (κ1) is 13.5. The SMILES string of the molecule is FC(F)(F)C1CCC(NCC2CC3C=CC2C3)CC1. The minimum absolute atomic E-state index is 0.303. The van der Waals surface area contributed by atoms with Gasteiger partial charge in [0.15, 0.2) is 0 Å². The van der Waals surface area contributed by atoms with Crippen LogP contribution in [0.2, 0.25) is 0 Å². The number of nitrogens with one attached hydrogen (secondary N) is 1. The maximum Gasteiger partial charge on any atom is 0.391 e. The smallest absolute Gasteiger partial charge is 0.314 e. The van der Waals surface area contributed by atoms with Gasteiger partial charge in [-0.3, -0.25) is 0 Å². The molecule has 3 rings (SSSR count). The Morgan fingerprint density at radius 2 is 1.74 bits per heavy atom. The predicted molar refractivity (Wildman–Crippen MR) is 68.6 cm³/mol. The zero-order chi connectivity index (χ0) is 13.5. The van der Waals surface area contributed by atoms with E-state index in [2.05, 4.69) is 17.5 Å². The van der Waals surface area contributed by atoms with E-state index in [4.69, 9.17) is 0 Å². The molecule has 0 aliphatic heterocycles. The van der Waals surface area contributed by atoms with Crippen LogP contribution in [0.25, 0.3) is 0 Å². The highest BCUT2D eigenvalue weighted by atomic mass is 19.4. The van der Waals surface area contributed by atoms with Crippen molar-refractivity contribution in [1.82, 2.24) is 5.32 Å². The second-order valence-electron chi connectivity index (χ2n) is 6.54. The van der Waals surface area contributed by atoms with Gasteiger partial charge in [-0.2, -0.15) is 13.2 Å². The van der Waals surface area contributed by atoms with Crippen molar-refractivity contribution in [2.45, 2.75) is 50.7 Å². The number of halogens is 3. The summed E-state index contributed by atoms with van der Waals surface area (Å²) < 4.78 is 37.7. The third-order valence-electron chi connectivity index (χ3n) is 5.28. The van der Waals surface area contributed by atoms with Gasteiger partial charge in [0.1, 0.15) is 0 Å². The summed E-state index contributed by atoms with van der Waals surface area (Å²) in [5.74, 6) is 1.16. The third kappa shape index (κ3) is 2.99. The molecule has 0 heterocycles. The van der Waals surface area contributed by atoms with E-state index in [0.29, 0.717) is 31.7 Å². The zero-order valence-corrected chi connectivity index (χ0v) is 11.1. The van der Waals surface area contributed by atoms with Crippen molar-refractivity contribution in [1.29, 1.82) is 0 Å². The second kappa shape index (κ2) is 5.12. The Morgan fingerprint density at radius 3 is 2.26 bits per heavy atom. The Balaban J connectivity index is 1.40. The summed E-state index contributed by atoms with van der Waals surface area (Å²) in [7, 11) is 0. The van der Waals surface area contributed by atoms with Crippen LogP contribution in [0.3, 0.4) is 0 Å². The van der Waals surface area contributed by atoms with Crippen molar-refractivity contribution < 1.29 is 13.2 Å². The van der Waals surface area contributed by atoms with Crippen LogP contribution in [-0.2, 0) is 0 Å². The molecule has 1 nitrogen and oxygen atoms in total. The zero-order valence-electron chi connectivity index (χ0n) is 11.1. The summed E-state index contributed by atoms with van der Waals surface area (Å²) in [4.78, 5) is 0. The van der Waals surface area contributed by atoms with E-state index < -0.39 is 12.1 Å². The Labute approximate surface area is 112 Å². The van der Waals surface area contributed by atoms with Gasteiger partial charge in [0.25, 0.3) is 0 Å². The number of allylic oxidation sites excluding steroid dienone is 2. The summed E-state index contributed by atoms with van der Waals surface area (Å²) in [5, 5.41) is 3.52. The molecule has 0 amide bonds. The van der Waals surface area contributed by atoms with Gasteiger partial charge in [-0.15, -0.1) is 0 Å². The molecular weight excluding hydrogens is 251 g/mol. The second-order valence-corrected chi connectivity index (χ2v) is 6.54. The number of rotatable bonds is 3. The van der Waals surface area contributed by atoms with Crippen molar-refractivity contribution >= 4 is 0 Å². The molecule has 2 saturated carbocycles. The van der Waals surface area contributed by atoms with Gasteiger partial charge in [-0.1, -0.05) is 12.2 Å². The van der Waals surface area contributed by atoms with Crippen molar-refractivity contribution in [2.24, 2.45) is 23.7 Å². The van der Waals surface area contributed by atoms with E-state index in [9.17, 15) is 13.2 Å². The van der Waals surface area contributed by atoms with Gasteiger partial charge in [0.05, 0.1) is 5.92 Å². The molecule has 0 aromatic heterocycles. The summed E-state index contributed by atoms with van der Waals surface area (Å²) >= 11 is 0. The monoisotopic (exact) mass is 273 g/mol. The number of hydrogen-bond acceptors (Lipinski definition) is 1. The van der Waals surface area contributed by atoms with Crippen LogP contribution in [0, 0.1) is 23.7 Å². The summed E-state index contributed by atoms with van der Waals surface area (Å²) in [6, 6.07) is 0.307. The van der Waals surface area contributed by atoms with Crippen LogP contribution in [-0.4, -0.2) is 18.8 Å². The van der Waals surface area contributed by atoms with E-state index >= 15 is 0 Å². The van der Waals surface area contributed by atoms with Gasteiger partial charge in [-0.25, -0.2) is 0 Å². The maximum atomic E-state index is 12.6. The molecule has 4 heteroatoms. The predicted octanol–water partition coefficient (Wildman–Crippen LogP) is 3.91. The molecule has 19 heavy (non-hydrogen) atoms. The molecule has 0 aromatic carbocycles. The van der Waals surface area contributed by atoms with Gasteiger partial charge >= 0.3 is 6.18 Å². The van der Waals surface area contributed by atoms with E-state index in [1.807, 2.05) is 0 Å². The minimum Gasteiger partial charge on any atom is -0.314 e. The highest BCUT2D eigenvalue weighted by Crippen LogP contribution is 2.43. The van der Waals surface area contributed by atoms with Crippen LogP contribution in [0.1, 0.15) is 38.5 Å². The molecule has 2 bridgehead atoms. The van der Waals surface area contributed by atoms with Crippen LogP contribution >= 0.6 is 0 Å². The van der Waals surface area contributed by atoms with Gasteiger partial charge in [0.2, 0.25) is 0 Å². The molecule has 3 aliphatic carbocycles. The van der Waals surface area contributed by atoms with E-state index in [0.717, 1.165) is 24.3 Å². The third-order valence-corrected chi connectivity index (χ3v) is 5.28. The average molecular weight is 273 g/mol. The van der Waals surface area contributed by atoms with Crippen LogP contribution in [0.4, 0.5) is 13.2 Å². The van der Waals surface area contributed by atoms with E-state index in [1.165, 1.54) is 12.8 Å². The molecule has 3 atom stereocenters. The summed E-state index contributed by atoms with van der Waals surface area (Å²) in [5.41, 5.74) is 0. The highest BCUT2D eigenvalue weighted by molar-refractivity contribution is 5.10. The molecule has 1 N–H and O–H groups in total. The largest absolute Gasteiger partial charge is 0.391 e. The van der Waals surface area contributed by atoms with Gasteiger partial charge < -0.3 is 5.32 Å². The lowest BCUT2D eigenvalue weighted by atomic mass is 9.85. The molecular formula is C15H22F3N. The fraction of sp³-hybridized carbons (Fsp3) is 0.867. The molecule has 3 aliphatic rings. The summed E-state index contributed by atoms with van der Waals surface area (Å²) in [6.45, 7) is 0.993. The number of hydrogen-bond donors (Lipinski definition) is 1. The Kier molecular flexibility index (Phi) is 3.63. The Hall–Kier alpha value is -0.510. The highest BCUT2D eigenvalue weighted by Gasteiger charge is 2.41.